The van der Waals surface area contributed by atoms with E-state index < -0.39 is 6.04 Å². The van der Waals surface area contributed by atoms with Crippen molar-refractivity contribution >= 4 is 17.5 Å². The fourth-order valence-electron chi connectivity index (χ4n) is 2.59. The average Bonchev–Trinajstić information content (AvgIpc) is 3.09. The molecule has 0 spiro atoms. The molecule has 3 rings (SSSR count). The van der Waals surface area contributed by atoms with E-state index in [0.717, 1.165) is 26.1 Å². The van der Waals surface area contributed by atoms with Crippen LogP contribution in [0.15, 0.2) is 12.4 Å². The Morgan fingerprint density at radius 1 is 1.40 bits per heavy atom. The number of hydrogen-bond donors (Lipinski definition) is 2. The van der Waals surface area contributed by atoms with E-state index >= 15 is 0 Å². The number of nitrogens with one attached hydrogen (secondary N) is 2. The number of nitrogens with zero attached hydrogens (tertiary/aromatic N) is 2. The van der Waals surface area contributed by atoms with E-state index in [2.05, 4.69) is 15.7 Å². The summed E-state index contributed by atoms with van der Waals surface area (Å²) in [6.45, 7) is 1.50. The minimum atomic E-state index is -0.422. The molecule has 0 bridgehead atoms. The van der Waals surface area contributed by atoms with Crippen LogP contribution in [-0.2, 0) is 14.3 Å². The molecule has 2 N–H and O–H groups in total. The molecule has 1 aromatic heterocycles. The molecule has 2 aliphatic rings. The lowest BCUT2D eigenvalue weighted by atomic mass is 10.1. The van der Waals surface area contributed by atoms with Gasteiger partial charge in [0.25, 0.3) is 0 Å². The van der Waals surface area contributed by atoms with Crippen LogP contribution >= 0.6 is 0 Å². The molecule has 0 radical (unpaired) electrons. The highest BCUT2D eigenvalue weighted by Gasteiger charge is 2.27. The SMILES string of the molecule is O=C1CCC(C(=O)Nc2cnn(C3CCOCC3)c2)N1. The third-order valence-electron chi connectivity index (χ3n) is 3.75. The molecule has 1 unspecified atom stereocenters. The zero-order valence-electron chi connectivity index (χ0n) is 11.2. The molecule has 0 saturated carbocycles. The van der Waals surface area contributed by atoms with E-state index in [0.29, 0.717) is 24.6 Å². The molecule has 108 valence electrons. The molecule has 2 aliphatic heterocycles. The first-order valence-electron chi connectivity index (χ1n) is 6.94. The van der Waals surface area contributed by atoms with Crippen LogP contribution in [0.1, 0.15) is 31.7 Å². The quantitative estimate of drug-likeness (QED) is 0.840. The Labute approximate surface area is 116 Å². The number of aromatic nitrogens is 2. The molecule has 0 aliphatic carbocycles. The summed E-state index contributed by atoms with van der Waals surface area (Å²) >= 11 is 0. The topological polar surface area (TPSA) is 85.2 Å². The lowest BCUT2D eigenvalue weighted by Gasteiger charge is -2.22. The van der Waals surface area contributed by atoms with Crippen molar-refractivity contribution in [1.29, 1.82) is 0 Å². The van der Waals surface area contributed by atoms with Crippen molar-refractivity contribution < 1.29 is 14.3 Å². The fourth-order valence-corrected chi connectivity index (χ4v) is 2.59. The van der Waals surface area contributed by atoms with E-state index in [1.165, 1.54) is 0 Å². The second-order valence-electron chi connectivity index (χ2n) is 5.20. The van der Waals surface area contributed by atoms with Crippen molar-refractivity contribution in [1.82, 2.24) is 15.1 Å². The molecule has 2 saturated heterocycles. The van der Waals surface area contributed by atoms with Crippen LogP contribution in [0, 0.1) is 0 Å². The highest BCUT2D eigenvalue weighted by atomic mass is 16.5. The van der Waals surface area contributed by atoms with E-state index in [1.54, 1.807) is 6.20 Å². The van der Waals surface area contributed by atoms with Gasteiger partial charge in [-0.1, -0.05) is 0 Å². The van der Waals surface area contributed by atoms with Crippen molar-refractivity contribution in [3.05, 3.63) is 12.4 Å². The number of hydrogen-bond acceptors (Lipinski definition) is 4. The van der Waals surface area contributed by atoms with Crippen LogP contribution in [-0.4, -0.2) is 40.9 Å². The van der Waals surface area contributed by atoms with Crippen molar-refractivity contribution in [2.45, 2.75) is 37.8 Å². The lowest BCUT2D eigenvalue weighted by molar-refractivity contribution is -0.122. The van der Waals surface area contributed by atoms with Crippen LogP contribution in [0.4, 0.5) is 5.69 Å². The van der Waals surface area contributed by atoms with Crippen LogP contribution in [0.3, 0.4) is 0 Å². The summed E-state index contributed by atoms with van der Waals surface area (Å²) < 4.78 is 7.20. The van der Waals surface area contributed by atoms with Gasteiger partial charge in [0.1, 0.15) is 6.04 Å². The van der Waals surface area contributed by atoms with Crippen LogP contribution in [0.5, 0.6) is 0 Å². The number of carbonyl (C=O) groups is 2. The van der Waals surface area contributed by atoms with Gasteiger partial charge < -0.3 is 15.4 Å². The van der Waals surface area contributed by atoms with E-state index in [-0.39, 0.29) is 11.8 Å². The second-order valence-corrected chi connectivity index (χ2v) is 5.20. The predicted molar refractivity (Wildman–Crippen MR) is 71.1 cm³/mol. The number of carbonyl (C=O) groups excluding carboxylic acids is 2. The summed E-state index contributed by atoms with van der Waals surface area (Å²) in [5.74, 6) is -0.245. The largest absolute Gasteiger partial charge is 0.381 e. The number of amides is 2. The monoisotopic (exact) mass is 278 g/mol. The van der Waals surface area contributed by atoms with Crippen LogP contribution < -0.4 is 10.6 Å². The summed E-state index contributed by atoms with van der Waals surface area (Å²) in [5.41, 5.74) is 0.669. The zero-order valence-corrected chi connectivity index (χ0v) is 11.2. The summed E-state index contributed by atoms with van der Waals surface area (Å²) in [6.07, 6.45) is 6.33. The molecule has 2 amide bonds. The first-order valence-corrected chi connectivity index (χ1v) is 6.94. The van der Waals surface area contributed by atoms with Crippen molar-refractivity contribution in [2.75, 3.05) is 18.5 Å². The fraction of sp³-hybridized carbons (Fsp3) is 0.615. The summed E-state index contributed by atoms with van der Waals surface area (Å²) in [4.78, 5) is 23.1. The highest BCUT2D eigenvalue weighted by Crippen LogP contribution is 2.21. The molecule has 7 nitrogen and oxygen atoms in total. The van der Waals surface area contributed by atoms with Gasteiger partial charge in [0.2, 0.25) is 11.8 Å². The van der Waals surface area contributed by atoms with E-state index in [4.69, 9.17) is 4.74 Å². The van der Waals surface area contributed by atoms with Gasteiger partial charge in [0.15, 0.2) is 0 Å². The predicted octanol–water partition coefficient (Wildman–Crippen LogP) is 0.452. The number of anilines is 1. The number of ether oxygens (including phenoxy) is 1. The number of rotatable bonds is 3. The Balaban J connectivity index is 1.59. The molecular weight excluding hydrogens is 260 g/mol. The van der Waals surface area contributed by atoms with Gasteiger partial charge in [0.05, 0.1) is 17.9 Å². The van der Waals surface area contributed by atoms with E-state index in [9.17, 15) is 9.59 Å². The van der Waals surface area contributed by atoms with Crippen molar-refractivity contribution in [3.8, 4) is 0 Å². The zero-order chi connectivity index (χ0) is 13.9. The third-order valence-corrected chi connectivity index (χ3v) is 3.75. The van der Waals surface area contributed by atoms with Gasteiger partial charge in [0, 0.05) is 25.8 Å². The molecule has 3 heterocycles. The summed E-state index contributed by atoms with van der Waals surface area (Å²) in [7, 11) is 0. The van der Waals surface area contributed by atoms with Crippen LogP contribution in [0.2, 0.25) is 0 Å². The molecule has 1 aromatic rings. The smallest absolute Gasteiger partial charge is 0.247 e. The Kier molecular flexibility index (Phi) is 3.68. The van der Waals surface area contributed by atoms with Crippen LogP contribution in [0.25, 0.3) is 0 Å². The Morgan fingerprint density at radius 3 is 2.90 bits per heavy atom. The standard InChI is InChI=1S/C13H18N4O3/c18-12-2-1-11(16-12)13(19)15-9-7-14-17(8-9)10-3-5-20-6-4-10/h7-8,10-11H,1-6H2,(H,15,19)(H,16,18). The first kappa shape index (κ1) is 13.1. The highest BCUT2D eigenvalue weighted by molar-refractivity contribution is 5.98. The molecule has 2 fully saturated rings. The van der Waals surface area contributed by atoms with Gasteiger partial charge in [-0.2, -0.15) is 5.10 Å². The van der Waals surface area contributed by atoms with Gasteiger partial charge >= 0.3 is 0 Å². The lowest BCUT2D eigenvalue weighted by Crippen LogP contribution is -2.37. The average molecular weight is 278 g/mol. The van der Waals surface area contributed by atoms with Gasteiger partial charge in [-0.05, 0) is 19.3 Å². The molecule has 20 heavy (non-hydrogen) atoms. The first-order chi connectivity index (χ1) is 9.72. The maximum atomic E-state index is 12.0. The van der Waals surface area contributed by atoms with Gasteiger partial charge in [-0.25, -0.2) is 0 Å². The summed E-state index contributed by atoms with van der Waals surface area (Å²) in [5, 5.41) is 9.74. The normalized spacial score (nSPS) is 23.6. The maximum Gasteiger partial charge on any atom is 0.247 e. The van der Waals surface area contributed by atoms with Gasteiger partial charge in [-0.15, -0.1) is 0 Å². The Morgan fingerprint density at radius 2 is 2.20 bits per heavy atom. The third kappa shape index (κ3) is 2.82. The molecular formula is C13H18N4O3. The van der Waals surface area contributed by atoms with E-state index in [1.807, 2.05) is 10.9 Å². The van der Waals surface area contributed by atoms with Crippen molar-refractivity contribution in [2.24, 2.45) is 0 Å². The molecule has 0 aromatic carbocycles. The van der Waals surface area contributed by atoms with Gasteiger partial charge in [-0.3, -0.25) is 14.3 Å². The second kappa shape index (κ2) is 5.62. The van der Waals surface area contributed by atoms with Crippen molar-refractivity contribution in [3.63, 3.8) is 0 Å². The minimum Gasteiger partial charge on any atom is -0.381 e. The Bertz CT molecular complexity index is 507. The molecule has 7 heteroatoms. The minimum absolute atomic E-state index is 0.0666. The maximum absolute atomic E-state index is 12.0. The Hall–Kier alpha value is -1.89. The summed E-state index contributed by atoms with van der Waals surface area (Å²) in [6, 6.07) is -0.0884. The molecule has 1 atom stereocenters.